The molecule has 2 aromatic carbocycles. The molecule has 0 aliphatic carbocycles. The summed E-state index contributed by atoms with van der Waals surface area (Å²) in [6.45, 7) is 0. The van der Waals surface area contributed by atoms with Crippen molar-refractivity contribution in [3.63, 3.8) is 0 Å². The Kier molecular flexibility index (Phi) is 4.25. The molecule has 5 heteroatoms. The fourth-order valence-corrected chi connectivity index (χ4v) is 2.02. The summed E-state index contributed by atoms with van der Waals surface area (Å²) in [5, 5.41) is 9.45. The van der Waals surface area contributed by atoms with E-state index in [2.05, 4.69) is 0 Å². The number of benzene rings is 2. The molecule has 0 aromatic heterocycles. The molecule has 0 spiro atoms. The van der Waals surface area contributed by atoms with Crippen LogP contribution in [0.4, 0.5) is 10.1 Å². The van der Waals surface area contributed by atoms with E-state index in [1.54, 1.807) is 25.2 Å². The number of rotatable bonds is 3. The minimum absolute atomic E-state index is 0.117. The van der Waals surface area contributed by atoms with Crippen molar-refractivity contribution < 1.29 is 14.3 Å². The number of aromatic hydroxyl groups is 1. The zero-order chi connectivity index (χ0) is 14.7. The third-order valence-electron chi connectivity index (χ3n) is 3.00. The number of amides is 1. The van der Waals surface area contributed by atoms with Crippen molar-refractivity contribution in [2.45, 2.75) is 6.42 Å². The van der Waals surface area contributed by atoms with Crippen LogP contribution in [0.1, 0.15) is 5.56 Å². The molecule has 1 amide bonds. The van der Waals surface area contributed by atoms with Gasteiger partial charge in [0, 0.05) is 23.3 Å². The first-order chi connectivity index (χ1) is 9.49. The Morgan fingerprint density at radius 1 is 1.25 bits per heavy atom. The van der Waals surface area contributed by atoms with Gasteiger partial charge in [0.15, 0.2) is 0 Å². The SMILES string of the molecule is CN(C(=O)Cc1c(F)cccc1Cl)c1ccc(O)cc1. The fraction of sp³-hybridized carbons (Fsp3) is 0.133. The van der Waals surface area contributed by atoms with Gasteiger partial charge in [-0.1, -0.05) is 17.7 Å². The smallest absolute Gasteiger partial charge is 0.231 e. The van der Waals surface area contributed by atoms with Gasteiger partial charge in [-0.15, -0.1) is 0 Å². The Balaban J connectivity index is 2.18. The third kappa shape index (κ3) is 3.08. The molecule has 0 heterocycles. The highest BCUT2D eigenvalue weighted by Gasteiger charge is 2.16. The lowest BCUT2D eigenvalue weighted by Gasteiger charge is -2.18. The molecule has 1 N–H and O–H groups in total. The summed E-state index contributed by atoms with van der Waals surface area (Å²) in [6.07, 6.45) is -0.122. The van der Waals surface area contributed by atoms with Crippen LogP contribution in [0.5, 0.6) is 5.75 Å². The Bertz CT molecular complexity index is 608. The number of hydrogen-bond donors (Lipinski definition) is 1. The average Bonchev–Trinajstić information content (AvgIpc) is 2.43. The standard InChI is InChI=1S/C15H13ClFNO2/c1-18(10-5-7-11(19)8-6-10)15(20)9-12-13(16)3-2-4-14(12)17/h2-8,19H,9H2,1H3. The summed E-state index contributed by atoms with van der Waals surface area (Å²) in [5.74, 6) is -0.667. The molecule has 0 saturated carbocycles. The Morgan fingerprint density at radius 2 is 1.90 bits per heavy atom. The first-order valence-electron chi connectivity index (χ1n) is 5.97. The molecule has 0 aliphatic heterocycles. The molecule has 104 valence electrons. The number of carbonyl (C=O) groups excluding carboxylic acids is 1. The number of hydrogen-bond acceptors (Lipinski definition) is 2. The minimum atomic E-state index is -0.495. The van der Waals surface area contributed by atoms with Crippen LogP contribution in [0.25, 0.3) is 0 Å². The van der Waals surface area contributed by atoms with E-state index >= 15 is 0 Å². The van der Waals surface area contributed by atoms with Crippen molar-refractivity contribution in [1.82, 2.24) is 0 Å². The van der Waals surface area contributed by atoms with Crippen molar-refractivity contribution in [1.29, 1.82) is 0 Å². The van der Waals surface area contributed by atoms with Crippen LogP contribution in [-0.2, 0) is 11.2 Å². The van der Waals surface area contributed by atoms with Crippen LogP contribution in [0.3, 0.4) is 0 Å². The molecule has 2 aromatic rings. The molecule has 0 atom stereocenters. The summed E-state index contributed by atoms with van der Waals surface area (Å²) < 4.78 is 13.6. The first kappa shape index (κ1) is 14.3. The van der Waals surface area contributed by atoms with Gasteiger partial charge in [0.2, 0.25) is 5.91 Å². The molecule has 20 heavy (non-hydrogen) atoms. The monoisotopic (exact) mass is 293 g/mol. The molecule has 0 bridgehead atoms. The van der Waals surface area contributed by atoms with Gasteiger partial charge >= 0.3 is 0 Å². The van der Waals surface area contributed by atoms with Gasteiger partial charge in [0.05, 0.1) is 6.42 Å². The summed E-state index contributed by atoms with van der Waals surface area (Å²) in [4.78, 5) is 13.5. The topological polar surface area (TPSA) is 40.5 Å². The van der Waals surface area contributed by atoms with Crippen molar-refractivity contribution >= 4 is 23.2 Å². The highest BCUT2D eigenvalue weighted by molar-refractivity contribution is 6.31. The Hall–Kier alpha value is -2.07. The molecular formula is C15H13ClFNO2. The second kappa shape index (κ2) is 5.92. The second-order valence-corrected chi connectivity index (χ2v) is 4.75. The van der Waals surface area contributed by atoms with E-state index in [0.29, 0.717) is 5.69 Å². The quantitative estimate of drug-likeness (QED) is 0.942. The maximum atomic E-state index is 13.6. The van der Waals surface area contributed by atoms with Gasteiger partial charge in [-0.3, -0.25) is 4.79 Å². The zero-order valence-electron chi connectivity index (χ0n) is 10.8. The summed E-state index contributed by atoms with van der Waals surface area (Å²) in [6, 6.07) is 10.5. The molecule has 0 unspecified atom stereocenters. The van der Waals surface area contributed by atoms with E-state index in [1.165, 1.54) is 29.2 Å². The van der Waals surface area contributed by atoms with Gasteiger partial charge in [0.1, 0.15) is 11.6 Å². The van der Waals surface area contributed by atoms with Crippen molar-refractivity contribution in [3.8, 4) is 5.75 Å². The van der Waals surface area contributed by atoms with E-state index < -0.39 is 5.82 Å². The van der Waals surface area contributed by atoms with E-state index in [-0.39, 0.29) is 28.7 Å². The zero-order valence-corrected chi connectivity index (χ0v) is 11.6. The van der Waals surface area contributed by atoms with E-state index in [9.17, 15) is 14.3 Å². The van der Waals surface area contributed by atoms with Crippen molar-refractivity contribution in [3.05, 3.63) is 58.9 Å². The lowest BCUT2D eigenvalue weighted by Crippen LogP contribution is -2.28. The van der Waals surface area contributed by atoms with E-state index in [0.717, 1.165) is 0 Å². The predicted octanol–water partition coefficient (Wildman–Crippen LogP) is 3.39. The van der Waals surface area contributed by atoms with Crippen LogP contribution >= 0.6 is 11.6 Å². The highest BCUT2D eigenvalue weighted by Crippen LogP contribution is 2.22. The van der Waals surface area contributed by atoms with Gasteiger partial charge in [-0.25, -0.2) is 4.39 Å². The number of nitrogens with zero attached hydrogens (tertiary/aromatic N) is 1. The number of carbonyl (C=O) groups is 1. The number of likely N-dealkylation sites (N-methyl/N-ethyl adjacent to an activating group) is 1. The van der Waals surface area contributed by atoms with Crippen LogP contribution < -0.4 is 4.90 Å². The lowest BCUT2D eigenvalue weighted by molar-refractivity contribution is -0.117. The fourth-order valence-electron chi connectivity index (χ4n) is 1.79. The molecule has 0 saturated heterocycles. The molecule has 0 fully saturated rings. The van der Waals surface area contributed by atoms with Crippen LogP contribution in [-0.4, -0.2) is 18.1 Å². The molecular weight excluding hydrogens is 281 g/mol. The minimum Gasteiger partial charge on any atom is -0.508 e. The maximum absolute atomic E-state index is 13.6. The third-order valence-corrected chi connectivity index (χ3v) is 3.35. The Labute approximate surface area is 121 Å². The predicted molar refractivity (Wildman–Crippen MR) is 76.6 cm³/mol. The van der Waals surface area contributed by atoms with Gasteiger partial charge in [-0.2, -0.15) is 0 Å². The number of halogens is 2. The Morgan fingerprint density at radius 3 is 2.50 bits per heavy atom. The normalized spacial score (nSPS) is 10.3. The van der Waals surface area contributed by atoms with Crippen LogP contribution in [0, 0.1) is 5.82 Å². The number of phenolic OH excluding ortho intramolecular Hbond substituents is 1. The molecule has 0 radical (unpaired) electrons. The summed E-state index contributed by atoms with van der Waals surface area (Å²) in [5.41, 5.74) is 0.796. The average molecular weight is 294 g/mol. The molecule has 3 nitrogen and oxygen atoms in total. The molecule has 2 rings (SSSR count). The van der Waals surface area contributed by atoms with Gasteiger partial charge < -0.3 is 10.0 Å². The van der Waals surface area contributed by atoms with Crippen molar-refractivity contribution in [2.75, 3.05) is 11.9 Å². The summed E-state index contributed by atoms with van der Waals surface area (Å²) in [7, 11) is 1.59. The van der Waals surface area contributed by atoms with Gasteiger partial charge in [0.25, 0.3) is 0 Å². The maximum Gasteiger partial charge on any atom is 0.231 e. The van der Waals surface area contributed by atoms with Crippen LogP contribution in [0.15, 0.2) is 42.5 Å². The molecule has 0 aliphatic rings. The lowest BCUT2D eigenvalue weighted by atomic mass is 10.1. The number of anilines is 1. The van der Waals surface area contributed by atoms with E-state index in [4.69, 9.17) is 11.6 Å². The van der Waals surface area contributed by atoms with E-state index in [1.807, 2.05) is 0 Å². The van der Waals surface area contributed by atoms with Gasteiger partial charge in [-0.05, 0) is 36.4 Å². The van der Waals surface area contributed by atoms with Crippen LogP contribution in [0.2, 0.25) is 5.02 Å². The van der Waals surface area contributed by atoms with Crippen molar-refractivity contribution in [2.24, 2.45) is 0 Å². The summed E-state index contributed by atoms with van der Waals surface area (Å²) >= 11 is 5.90. The largest absolute Gasteiger partial charge is 0.508 e. The highest BCUT2D eigenvalue weighted by atomic mass is 35.5. The second-order valence-electron chi connectivity index (χ2n) is 4.35. The number of phenols is 1. The first-order valence-corrected chi connectivity index (χ1v) is 6.35.